The molecule has 9 heteroatoms. The summed E-state index contributed by atoms with van der Waals surface area (Å²) in [7, 11) is 1.41. The lowest BCUT2D eigenvalue weighted by molar-refractivity contribution is -0.122. The summed E-state index contributed by atoms with van der Waals surface area (Å²) in [6.45, 7) is 1.69. The van der Waals surface area contributed by atoms with E-state index in [9.17, 15) is 14.4 Å². The number of barbiturate groups is 1. The molecule has 0 saturated carbocycles. The Bertz CT molecular complexity index is 1170. The van der Waals surface area contributed by atoms with Crippen molar-refractivity contribution < 1.29 is 23.9 Å². The zero-order chi connectivity index (χ0) is 22.7. The molecule has 1 fully saturated rings. The van der Waals surface area contributed by atoms with E-state index >= 15 is 0 Å². The summed E-state index contributed by atoms with van der Waals surface area (Å²) < 4.78 is 10.7. The molecule has 0 aliphatic carbocycles. The van der Waals surface area contributed by atoms with Crippen LogP contribution in [-0.4, -0.2) is 31.6 Å². The van der Waals surface area contributed by atoms with Gasteiger partial charge in [0.2, 0.25) is 0 Å². The third kappa shape index (κ3) is 4.50. The van der Waals surface area contributed by atoms with Gasteiger partial charge in [-0.25, -0.2) is 9.69 Å². The number of terminal acetylenes is 1. The standard InChI is InChI=1S/C22H16Cl2N2O5/c1-4-7-31-19-16(24)9-13(10-18(19)30-3)8-15-20(27)25-22(29)26(21(15)28)17-11-14(23)6-5-12(17)2/h1,5-6,8-11H,7H2,2-3H3,(H,25,27,29)/b15-8+. The molecule has 0 aromatic heterocycles. The van der Waals surface area contributed by atoms with Crippen molar-refractivity contribution in [1.82, 2.24) is 5.32 Å². The first kappa shape index (κ1) is 22.2. The molecular weight excluding hydrogens is 443 g/mol. The minimum Gasteiger partial charge on any atom is -0.493 e. The van der Waals surface area contributed by atoms with E-state index in [1.807, 2.05) is 0 Å². The van der Waals surface area contributed by atoms with Gasteiger partial charge in [0.15, 0.2) is 11.5 Å². The van der Waals surface area contributed by atoms with Crippen molar-refractivity contribution in [2.24, 2.45) is 0 Å². The second-order valence-electron chi connectivity index (χ2n) is 6.42. The van der Waals surface area contributed by atoms with E-state index < -0.39 is 17.8 Å². The molecule has 1 aliphatic heterocycles. The van der Waals surface area contributed by atoms with Crippen molar-refractivity contribution in [3.8, 4) is 23.8 Å². The van der Waals surface area contributed by atoms with Gasteiger partial charge >= 0.3 is 6.03 Å². The largest absolute Gasteiger partial charge is 0.493 e. The zero-order valence-electron chi connectivity index (χ0n) is 16.5. The van der Waals surface area contributed by atoms with Gasteiger partial charge in [-0.2, -0.15) is 0 Å². The van der Waals surface area contributed by atoms with E-state index in [1.165, 1.54) is 31.4 Å². The number of hydrogen-bond acceptors (Lipinski definition) is 5. The van der Waals surface area contributed by atoms with Crippen LogP contribution < -0.4 is 19.7 Å². The number of imide groups is 2. The first-order valence-electron chi connectivity index (χ1n) is 8.88. The number of carbonyl (C=O) groups excluding carboxylic acids is 3. The molecule has 0 spiro atoms. The van der Waals surface area contributed by atoms with Crippen LogP contribution in [0, 0.1) is 19.3 Å². The Morgan fingerprint density at radius 2 is 1.94 bits per heavy atom. The molecule has 3 rings (SSSR count). The van der Waals surface area contributed by atoms with Crippen molar-refractivity contribution >= 4 is 52.8 Å². The second-order valence-corrected chi connectivity index (χ2v) is 7.26. The van der Waals surface area contributed by atoms with Gasteiger partial charge in [-0.1, -0.05) is 35.2 Å². The van der Waals surface area contributed by atoms with Crippen LogP contribution in [0.4, 0.5) is 10.5 Å². The van der Waals surface area contributed by atoms with E-state index in [1.54, 1.807) is 19.1 Å². The zero-order valence-corrected chi connectivity index (χ0v) is 18.0. The topological polar surface area (TPSA) is 84.9 Å². The van der Waals surface area contributed by atoms with Crippen LogP contribution in [-0.2, 0) is 9.59 Å². The van der Waals surface area contributed by atoms with Gasteiger partial charge in [0.1, 0.15) is 12.2 Å². The first-order chi connectivity index (χ1) is 14.8. The van der Waals surface area contributed by atoms with Gasteiger partial charge in [0, 0.05) is 5.02 Å². The Labute approximate surface area is 188 Å². The average Bonchev–Trinajstić information content (AvgIpc) is 2.72. The fourth-order valence-corrected chi connectivity index (χ4v) is 3.38. The van der Waals surface area contributed by atoms with Gasteiger partial charge in [-0.05, 0) is 48.4 Å². The Morgan fingerprint density at radius 3 is 2.61 bits per heavy atom. The predicted molar refractivity (Wildman–Crippen MR) is 118 cm³/mol. The molecule has 1 heterocycles. The van der Waals surface area contributed by atoms with Crippen LogP contribution in [0.1, 0.15) is 11.1 Å². The van der Waals surface area contributed by atoms with Crippen LogP contribution in [0.2, 0.25) is 10.0 Å². The third-order valence-electron chi connectivity index (χ3n) is 4.38. The molecule has 7 nitrogen and oxygen atoms in total. The van der Waals surface area contributed by atoms with Gasteiger partial charge < -0.3 is 9.47 Å². The molecular formula is C22H16Cl2N2O5. The number of hydrogen-bond donors (Lipinski definition) is 1. The molecule has 2 aromatic carbocycles. The van der Waals surface area contributed by atoms with E-state index in [-0.39, 0.29) is 34.4 Å². The molecule has 1 saturated heterocycles. The fraction of sp³-hybridized carbons (Fsp3) is 0.136. The van der Waals surface area contributed by atoms with Crippen LogP contribution in [0.15, 0.2) is 35.9 Å². The second kappa shape index (κ2) is 9.13. The molecule has 4 amide bonds. The number of anilines is 1. The molecule has 1 aliphatic rings. The lowest BCUT2D eigenvalue weighted by Gasteiger charge is -2.27. The maximum Gasteiger partial charge on any atom is 0.335 e. The number of rotatable bonds is 5. The number of methoxy groups -OCH3 is 1. The lowest BCUT2D eigenvalue weighted by atomic mass is 10.1. The maximum atomic E-state index is 13.1. The summed E-state index contributed by atoms with van der Waals surface area (Å²) in [5.41, 5.74) is 1.00. The Morgan fingerprint density at radius 1 is 1.19 bits per heavy atom. The van der Waals surface area contributed by atoms with Crippen LogP contribution >= 0.6 is 23.2 Å². The normalized spacial score (nSPS) is 15.0. The number of halogens is 2. The Hall–Kier alpha value is -3.47. The summed E-state index contributed by atoms with van der Waals surface area (Å²) >= 11 is 12.3. The smallest absolute Gasteiger partial charge is 0.335 e. The van der Waals surface area contributed by atoms with Crippen molar-refractivity contribution in [3.05, 3.63) is 57.1 Å². The van der Waals surface area contributed by atoms with Crippen molar-refractivity contribution in [1.29, 1.82) is 0 Å². The number of carbonyl (C=O) groups is 3. The van der Waals surface area contributed by atoms with Gasteiger partial charge in [0.05, 0.1) is 17.8 Å². The highest BCUT2D eigenvalue weighted by atomic mass is 35.5. The first-order valence-corrected chi connectivity index (χ1v) is 9.63. The van der Waals surface area contributed by atoms with Gasteiger partial charge in [0.25, 0.3) is 11.8 Å². The highest BCUT2D eigenvalue weighted by Crippen LogP contribution is 2.37. The molecule has 31 heavy (non-hydrogen) atoms. The number of urea groups is 1. The quantitative estimate of drug-likeness (QED) is 0.415. The predicted octanol–water partition coefficient (Wildman–Crippen LogP) is 3.99. The highest BCUT2D eigenvalue weighted by Gasteiger charge is 2.37. The maximum absolute atomic E-state index is 13.1. The molecule has 0 unspecified atom stereocenters. The van der Waals surface area contributed by atoms with Crippen molar-refractivity contribution in [3.63, 3.8) is 0 Å². The number of amides is 4. The summed E-state index contributed by atoms with van der Waals surface area (Å²) in [5, 5.41) is 2.67. The van der Waals surface area contributed by atoms with E-state index in [0.29, 0.717) is 16.1 Å². The van der Waals surface area contributed by atoms with E-state index in [0.717, 1.165) is 4.90 Å². The minimum absolute atomic E-state index is 0.0204. The summed E-state index contributed by atoms with van der Waals surface area (Å²) in [5.74, 6) is 1.18. The Kier molecular flexibility index (Phi) is 6.54. The van der Waals surface area contributed by atoms with E-state index in [2.05, 4.69) is 11.2 Å². The average molecular weight is 459 g/mol. The molecule has 0 atom stereocenters. The highest BCUT2D eigenvalue weighted by molar-refractivity contribution is 6.40. The van der Waals surface area contributed by atoms with E-state index in [4.69, 9.17) is 39.1 Å². The number of nitrogens with one attached hydrogen (secondary N) is 1. The van der Waals surface area contributed by atoms with Crippen molar-refractivity contribution in [2.45, 2.75) is 6.92 Å². The molecule has 0 bridgehead atoms. The fourth-order valence-electron chi connectivity index (χ4n) is 2.94. The van der Waals surface area contributed by atoms with Gasteiger partial charge in [-0.15, -0.1) is 6.42 Å². The number of aryl methyl sites for hydroxylation is 1. The third-order valence-corrected chi connectivity index (χ3v) is 4.89. The SMILES string of the molecule is C#CCOc1c(Cl)cc(/C=C2\C(=O)NC(=O)N(c3cc(Cl)ccc3C)C2=O)cc1OC. The van der Waals surface area contributed by atoms with Crippen LogP contribution in [0.25, 0.3) is 6.08 Å². The lowest BCUT2D eigenvalue weighted by Crippen LogP contribution is -2.54. The van der Waals surface area contributed by atoms with Crippen LogP contribution in [0.5, 0.6) is 11.5 Å². The molecule has 2 aromatic rings. The summed E-state index contributed by atoms with van der Waals surface area (Å²) in [6, 6.07) is 6.90. The number of nitrogens with zero attached hydrogens (tertiary/aromatic N) is 1. The molecule has 158 valence electrons. The van der Waals surface area contributed by atoms with Crippen molar-refractivity contribution in [2.75, 3.05) is 18.6 Å². The Balaban J connectivity index is 2.05. The number of benzene rings is 2. The molecule has 1 N–H and O–H groups in total. The summed E-state index contributed by atoms with van der Waals surface area (Å²) in [6.07, 6.45) is 6.51. The monoisotopic (exact) mass is 458 g/mol. The minimum atomic E-state index is -0.869. The summed E-state index contributed by atoms with van der Waals surface area (Å²) in [4.78, 5) is 38.8. The van der Waals surface area contributed by atoms with Gasteiger partial charge in [-0.3, -0.25) is 14.9 Å². The molecule has 0 radical (unpaired) electrons. The van der Waals surface area contributed by atoms with Crippen LogP contribution in [0.3, 0.4) is 0 Å². The number of ether oxygens (including phenoxy) is 2.